The second-order valence-electron chi connectivity index (χ2n) is 5.34. The Kier molecular flexibility index (Phi) is 8.44. The molecule has 1 aliphatic rings. The molecule has 1 aromatic carbocycles. The van der Waals surface area contributed by atoms with Crippen molar-refractivity contribution < 1.29 is 19.5 Å². The first kappa shape index (κ1) is 21.5. The molecule has 2 rings (SSSR count). The standard InChI is InChI=1S/C15H17Cl2N3O4.ClH/c16-11-3-1-2-10(14(11)17)15(24)20-6-4-19(5-7-20)9-12(21)18-8-13(22)23;/h1-3H,4-9H2,(H,18,21)(H,22,23);1H. The van der Waals surface area contributed by atoms with Gasteiger partial charge in [-0.05, 0) is 12.1 Å². The highest BCUT2D eigenvalue weighted by molar-refractivity contribution is 6.43. The van der Waals surface area contributed by atoms with E-state index in [0.29, 0.717) is 36.8 Å². The highest BCUT2D eigenvalue weighted by Crippen LogP contribution is 2.26. The van der Waals surface area contributed by atoms with Crippen LogP contribution in [-0.4, -0.2) is 72.0 Å². The quantitative estimate of drug-likeness (QED) is 0.765. The molecule has 1 fully saturated rings. The fourth-order valence-corrected chi connectivity index (χ4v) is 2.76. The zero-order chi connectivity index (χ0) is 17.7. The predicted octanol–water partition coefficient (Wildman–Crippen LogP) is 1.37. The van der Waals surface area contributed by atoms with E-state index in [4.69, 9.17) is 28.3 Å². The maximum absolute atomic E-state index is 12.5. The molecule has 0 aromatic heterocycles. The molecular weight excluding hydrogens is 393 g/mol. The molecule has 25 heavy (non-hydrogen) atoms. The summed E-state index contributed by atoms with van der Waals surface area (Å²) in [6, 6.07) is 4.92. The lowest BCUT2D eigenvalue weighted by Gasteiger charge is -2.34. The van der Waals surface area contributed by atoms with Crippen LogP contribution >= 0.6 is 35.6 Å². The number of aliphatic carboxylic acids is 1. The number of carbonyl (C=O) groups excluding carboxylic acids is 2. The van der Waals surface area contributed by atoms with E-state index in [-0.39, 0.29) is 35.8 Å². The van der Waals surface area contributed by atoms with Gasteiger partial charge in [0, 0.05) is 26.2 Å². The monoisotopic (exact) mass is 409 g/mol. The van der Waals surface area contributed by atoms with Crippen LogP contribution in [-0.2, 0) is 9.59 Å². The van der Waals surface area contributed by atoms with Crippen molar-refractivity contribution in [1.82, 2.24) is 15.1 Å². The first-order valence-corrected chi connectivity index (χ1v) is 8.08. The molecule has 0 spiro atoms. The SMILES string of the molecule is Cl.O=C(O)CNC(=O)CN1CCN(C(=O)c2cccc(Cl)c2Cl)CC1. The molecule has 1 aromatic rings. The van der Waals surface area contributed by atoms with Crippen molar-refractivity contribution in [1.29, 1.82) is 0 Å². The number of carboxylic acids is 1. The number of carbonyl (C=O) groups is 3. The van der Waals surface area contributed by atoms with Crippen molar-refractivity contribution in [3.63, 3.8) is 0 Å². The molecule has 138 valence electrons. The molecular formula is C15H18Cl3N3O4. The van der Waals surface area contributed by atoms with Gasteiger partial charge in [-0.15, -0.1) is 12.4 Å². The van der Waals surface area contributed by atoms with Crippen molar-refractivity contribution in [2.75, 3.05) is 39.3 Å². The summed E-state index contributed by atoms with van der Waals surface area (Å²) in [4.78, 5) is 38.0. The number of nitrogens with one attached hydrogen (secondary N) is 1. The van der Waals surface area contributed by atoms with Gasteiger partial charge in [0.05, 0.1) is 22.2 Å². The normalized spacial score (nSPS) is 14.6. The minimum atomic E-state index is -1.09. The molecule has 0 aliphatic carbocycles. The highest BCUT2D eigenvalue weighted by atomic mass is 35.5. The van der Waals surface area contributed by atoms with Crippen LogP contribution in [0.25, 0.3) is 0 Å². The van der Waals surface area contributed by atoms with Crippen LogP contribution in [0.1, 0.15) is 10.4 Å². The van der Waals surface area contributed by atoms with E-state index < -0.39 is 12.5 Å². The van der Waals surface area contributed by atoms with E-state index in [1.54, 1.807) is 23.1 Å². The van der Waals surface area contributed by atoms with Crippen molar-refractivity contribution >= 4 is 53.4 Å². The summed E-state index contributed by atoms with van der Waals surface area (Å²) in [5.41, 5.74) is 0.358. The molecule has 10 heteroatoms. The summed E-state index contributed by atoms with van der Waals surface area (Å²) in [5.74, 6) is -1.63. The van der Waals surface area contributed by atoms with Crippen LogP contribution in [0.5, 0.6) is 0 Å². The maximum Gasteiger partial charge on any atom is 0.322 e. The van der Waals surface area contributed by atoms with E-state index in [1.807, 2.05) is 4.90 Å². The minimum Gasteiger partial charge on any atom is -0.480 e. The molecule has 7 nitrogen and oxygen atoms in total. The smallest absolute Gasteiger partial charge is 0.322 e. The largest absolute Gasteiger partial charge is 0.480 e. The number of benzene rings is 1. The van der Waals surface area contributed by atoms with Gasteiger partial charge in [-0.1, -0.05) is 29.3 Å². The van der Waals surface area contributed by atoms with Crippen LogP contribution in [0.2, 0.25) is 10.0 Å². The summed E-state index contributed by atoms with van der Waals surface area (Å²) < 4.78 is 0. The molecule has 0 unspecified atom stereocenters. The fourth-order valence-electron chi connectivity index (χ4n) is 2.38. The van der Waals surface area contributed by atoms with Crippen LogP contribution in [0.3, 0.4) is 0 Å². The Balaban J connectivity index is 0.00000312. The summed E-state index contributed by atoms with van der Waals surface area (Å²) in [7, 11) is 0. The van der Waals surface area contributed by atoms with Crippen LogP contribution in [0, 0.1) is 0 Å². The molecule has 1 aliphatic heterocycles. The molecule has 2 N–H and O–H groups in total. The number of amides is 2. The maximum atomic E-state index is 12.5. The number of halogens is 3. The third-order valence-corrected chi connectivity index (χ3v) is 4.46. The summed E-state index contributed by atoms with van der Waals surface area (Å²) in [6.45, 7) is 1.65. The van der Waals surface area contributed by atoms with Gasteiger partial charge in [0.2, 0.25) is 5.91 Å². The van der Waals surface area contributed by atoms with E-state index in [1.165, 1.54) is 0 Å². The topological polar surface area (TPSA) is 89.9 Å². The summed E-state index contributed by atoms with van der Waals surface area (Å²) in [6.07, 6.45) is 0. The van der Waals surface area contributed by atoms with Crippen molar-refractivity contribution in [2.45, 2.75) is 0 Å². The molecule has 0 saturated carbocycles. The van der Waals surface area contributed by atoms with Gasteiger partial charge in [0.1, 0.15) is 6.54 Å². The van der Waals surface area contributed by atoms with Gasteiger partial charge >= 0.3 is 5.97 Å². The Morgan fingerprint density at radius 3 is 2.36 bits per heavy atom. The molecule has 0 bridgehead atoms. The van der Waals surface area contributed by atoms with E-state index in [9.17, 15) is 14.4 Å². The van der Waals surface area contributed by atoms with Crippen molar-refractivity contribution in [3.8, 4) is 0 Å². The minimum absolute atomic E-state index is 0. The number of hydrogen-bond acceptors (Lipinski definition) is 4. The first-order valence-electron chi connectivity index (χ1n) is 7.32. The van der Waals surface area contributed by atoms with E-state index >= 15 is 0 Å². The Bertz CT molecular complexity index is 649. The average molecular weight is 411 g/mol. The van der Waals surface area contributed by atoms with E-state index in [0.717, 1.165) is 0 Å². The number of hydrogen-bond donors (Lipinski definition) is 2. The van der Waals surface area contributed by atoms with Crippen molar-refractivity contribution in [2.24, 2.45) is 0 Å². The third kappa shape index (κ3) is 6.04. The second-order valence-corrected chi connectivity index (χ2v) is 6.13. The van der Waals surface area contributed by atoms with Crippen LogP contribution in [0.15, 0.2) is 18.2 Å². The van der Waals surface area contributed by atoms with Gasteiger partial charge in [-0.3, -0.25) is 19.3 Å². The number of rotatable bonds is 5. The molecule has 2 amide bonds. The number of piperazine rings is 1. The third-order valence-electron chi connectivity index (χ3n) is 3.65. The first-order chi connectivity index (χ1) is 11.4. The van der Waals surface area contributed by atoms with Gasteiger partial charge in [-0.2, -0.15) is 0 Å². The second kappa shape index (κ2) is 9.82. The van der Waals surface area contributed by atoms with Crippen LogP contribution in [0.4, 0.5) is 0 Å². The van der Waals surface area contributed by atoms with Gasteiger partial charge in [0.15, 0.2) is 0 Å². The Hall–Kier alpha value is -1.54. The summed E-state index contributed by atoms with van der Waals surface area (Å²) in [5, 5.41) is 11.4. The summed E-state index contributed by atoms with van der Waals surface area (Å²) >= 11 is 12.0. The van der Waals surface area contributed by atoms with Gasteiger partial charge in [-0.25, -0.2) is 0 Å². The van der Waals surface area contributed by atoms with E-state index in [2.05, 4.69) is 5.32 Å². The Morgan fingerprint density at radius 2 is 1.76 bits per heavy atom. The molecule has 0 radical (unpaired) electrons. The lowest BCUT2D eigenvalue weighted by atomic mass is 10.1. The lowest BCUT2D eigenvalue weighted by Crippen LogP contribution is -2.51. The fraction of sp³-hybridized carbons (Fsp3) is 0.400. The molecule has 0 atom stereocenters. The zero-order valence-electron chi connectivity index (χ0n) is 13.2. The lowest BCUT2D eigenvalue weighted by molar-refractivity contribution is -0.138. The molecule has 1 heterocycles. The highest BCUT2D eigenvalue weighted by Gasteiger charge is 2.25. The predicted molar refractivity (Wildman–Crippen MR) is 96.7 cm³/mol. The Morgan fingerprint density at radius 1 is 1.12 bits per heavy atom. The Labute approximate surface area is 161 Å². The number of carboxylic acid groups (broad SMARTS) is 1. The van der Waals surface area contributed by atoms with Gasteiger partial charge < -0.3 is 15.3 Å². The van der Waals surface area contributed by atoms with Crippen LogP contribution < -0.4 is 5.32 Å². The number of nitrogens with zero attached hydrogens (tertiary/aromatic N) is 2. The zero-order valence-corrected chi connectivity index (χ0v) is 15.5. The van der Waals surface area contributed by atoms with Gasteiger partial charge in [0.25, 0.3) is 5.91 Å². The molecule has 1 saturated heterocycles. The average Bonchev–Trinajstić information content (AvgIpc) is 2.55. The van der Waals surface area contributed by atoms with Crippen molar-refractivity contribution in [3.05, 3.63) is 33.8 Å².